The van der Waals surface area contributed by atoms with Crippen LogP contribution in [0, 0.1) is 0 Å². The second kappa shape index (κ2) is 4.76. The third-order valence-electron chi connectivity index (χ3n) is 2.36. The standard InChI is InChI=1S/C12H11ClN2S/c13-11-6-5-8(7-16-12(14)15)9-3-1-2-4-10(9)11/h1-6H,7H2,(H3,14,15)/p+1. The van der Waals surface area contributed by atoms with Crippen LogP contribution in [0.25, 0.3) is 10.8 Å². The predicted molar refractivity (Wildman–Crippen MR) is 71.4 cm³/mol. The highest BCUT2D eigenvalue weighted by Gasteiger charge is 2.05. The zero-order valence-electron chi connectivity index (χ0n) is 8.61. The fourth-order valence-corrected chi connectivity index (χ4v) is 2.41. The van der Waals surface area contributed by atoms with E-state index in [1.54, 1.807) is 0 Å². The van der Waals surface area contributed by atoms with Crippen molar-refractivity contribution in [2.75, 3.05) is 0 Å². The van der Waals surface area contributed by atoms with Gasteiger partial charge in [-0.25, -0.2) is 0 Å². The van der Waals surface area contributed by atoms with Crippen LogP contribution >= 0.6 is 23.4 Å². The zero-order valence-corrected chi connectivity index (χ0v) is 10.2. The number of thioether (sulfide) groups is 1. The summed E-state index contributed by atoms with van der Waals surface area (Å²) in [6.45, 7) is 0. The Bertz CT molecular complexity index is 540. The lowest BCUT2D eigenvalue weighted by molar-refractivity contribution is -0.110. The summed E-state index contributed by atoms with van der Waals surface area (Å²) in [5.41, 5.74) is 6.64. The minimum atomic E-state index is 0.388. The molecule has 0 unspecified atom stereocenters. The molecule has 0 bridgehead atoms. The number of hydrogen-bond donors (Lipinski definition) is 2. The van der Waals surface area contributed by atoms with E-state index in [-0.39, 0.29) is 0 Å². The second-order valence-corrected chi connectivity index (χ2v) is 4.90. The van der Waals surface area contributed by atoms with Crippen molar-refractivity contribution in [2.24, 2.45) is 5.73 Å². The summed E-state index contributed by atoms with van der Waals surface area (Å²) in [5, 5.41) is 8.83. The number of amidine groups is 1. The van der Waals surface area contributed by atoms with Crippen molar-refractivity contribution in [2.45, 2.75) is 5.75 Å². The molecule has 0 aromatic heterocycles. The van der Waals surface area contributed by atoms with Crippen LogP contribution in [0.2, 0.25) is 5.02 Å². The SMILES string of the molecule is NC(=[NH2+])SCc1ccc(Cl)c2ccccc12. The molecule has 4 N–H and O–H groups in total. The summed E-state index contributed by atoms with van der Waals surface area (Å²) in [6.07, 6.45) is 0. The summed E-state index contributed by atoms with van der Waals surface area (Å²) in [4.78, 5) is 0. The van der Waals surface area contributed by atoms with Crippen molar-refractivity contribution in [3.8, 4) is 0 Å². The fourth-order valence-electron chi connectivity index (χ4n) is 1.61. The highest BCUT2D eigenvalue weighted by Crippen LogP contribution is 2.28. The van der Waals surface area contributed by atoms with Crippen LogP contribution in [0.4, 0.5) is 0 Å². The molecule has 4 heteroatoms. The average molecular weight is 252 g/mol. The molecular formula is C12H12ClN2S+. The Morgan fingerprint density at radius 3 is 2.56 bits per heavy atom. The third kappa shape index (κ3) is 2.31. The van der Waals surface area contributed by atoms with Gasteiger partial charge in [0.05, 0.1) is 0 Å². The van der Waals surface area contributed by atoms with E-state index in [1.165, 1.54) is 17.3 Å². The van der Waals surface area contributed by atoms with E-state index < -0.39 is 0 Å². The van der Waals surface area contributed by atoms with Gasteiger partial charge in [-0.1, -0.05) is 41.9 Å². The molecule has 82 valence electrons. The van der Waals surface area contributed by atoms with E-state index in [4.69, 9.17) is 22.7 Å². The molecule has 2 rings (SSSR count). The molecule has 0 amide bonds. The average Bonchev–Trinajstić information content (AvgIpc) is 2.28. The molecule has 0 aliphatic rings. The largest absolute Gasteiger partial charge is 0.300 e. The lowest BCUT2D eigenvalue weighted by Crippen LogP contribution is -2.43. The maximum Gasteiger partial charge on any atom is 0.300 e. The Kier molecular flexibility index (Phi) is 3.36. The fraction of sp³-hybridized carbons (Fsp3) is 0.0833. The number of hydrogen-bond acceptors (Lipinski definition) is 1. The van der Waals surface area contributed by atoms with Crippen LogP contribution in [-0.2, 0) is 5.75 Å². The molecule has 0 atom stereocenters. The van der Waals surface area contributed by atoms with Gasteiger partial charge in [-0.3, -0.25) is 11.1 Å². The quantitative estimate of drug-likeness (QED) is 0.632. The first-order valence-electron chi connectivity index (χ1n) is 4.85. The smallest absolute Gasteiger partial charge is 0.282 e. The van der Waals surface area contributed by atoms with E-state index in [0.717, 1.165) is 21.5 Å². The van der Waals surface area contributed by atoms with E-state index in [9.17, 15) is 0 Å². The highest BCUT2D eigenvalue weighted by molar-refractivity contribution is 8.12. The maximum absolute atomic E-state index is 6.13. The zero-order chi connectivity index (χ0) is 11.5. The van der Waals surface area contributed by atoms with Crippen molar-refractivity contribution in [3.05, 3.63) is 47.0 Å². The number of benzene rings is 2. The van der Waals surface area contributed by atoms with Crippen molar-refractivity contribution in [1.82, 2.24) is 0 Å². The van der Waals surface area contributed by atoms with E-state index in [1.807, 2.05) is 30.3 Å². The van der Waals surface area contributed by atoms with Crippen LogP contribution in [-0.4, -0.2) is 5.17 Å². The molecule has 0 radical (unpaired) electrons. The van der Waals surface area contributed by atoms with E-state index >= 15 is 0 Å². The van der Waals surface area contributed by atoms with Gasteiger partial charge in [0.1, 0.15) is 0 Å². The van der Waals surface area contributed by atoms with Crippen molar-refractivity contribution < 1.29 is 5.41 Å². The van der Waals surface area contributed by atoms with Gasteiger partial charge in [-0.2, -0.15) is 0 Å². The maximum atomic E-state index is 6.13. The van der Waals surface area contributed by atoms with E-state index in [0.29, 0.717) is 5.17 Å². The molecule has 0 aliphatic carbocycles. The van der Waals surface area contributed by atoms with Gasteiger partial charge in [0, 0.05) is 16.2 Å². The number of rotatable bonds is 2. The normalized spacial score (nSPS) is 10.6. The van der Waals surface area contributed by atoms with Gasteiger partial charge in [-0.05, 0) is 28.8 Å². The van der Waals surface area contributed by atoms with Crippen LogP contribution in [0.1, 0.15) is 5.56 Å². The number of fused-ring (bicyclic) bond motifs is 1. The summed E-state index contributed by atoms with van der Waals surface area (Å²) in [5.74, 6) is 0.764. The van der Waals surface area contributed by atoms with Crippen molar-refractivity contribution in [3.63, 3.8) is 0 Å². The molecule has 0 spiro atoms. The first kappa shape index (κ1) is 11.3. The minimum absolute atomic E-state index is 0.388. The van der Waals surface area contributed by atoms with Crippen LogP contribution in [0.15, 0.2) is 36.4 Å². The van der Waals surface area contributed by atoms with Crippen LogP contribution in [0.3, 0.4) is 0 Å². The summed E-state index contributed by atoms with van der Waals surface area (Å²) >= 11 is 7.56. The summed E-state index contributed by atoms with van der Waals surface area (Å²) in [6, 6.07) is 12.0. The Morgan fingerprint density at radius 1 is 1.19 bits per heavy atom. The van der Waals surface area contributed by atoms with Gasteiger partial charge in [-0.15, -0.1) is 0 Å². The van der Waals surface area contributed by atoms with Crippen LogP contribution < -0.4 is 11.1 Å². The Morgan fingerprint density at radius 2 is 1.88 bits per heavy atom. The molecule has 0 saturated heterocycles. The van der Waals surface area contributed by atoms with Crippen LogP contribution in [0.5, 0.6) is 0 Å². The number of nitrogens with two attached hydrogens (primary N) is 2. The van der Waals surface area contributed by atoms with Gasteiger partial charge in [0.15, 0.2) is 0 Å². The number of halogens is 1. The van der Waals surface area contributed by atoms with E-state index in [2.05, 4.69) is 6.07 Å². The topological polar surface area (TPSA) is 51.6 Å². The van der Waals surface area contributed by atoms with Gasteiger partial charge in [0.2, 0.25) is 0 Å². The molecule has 0 saturated carbocycles. The first-order valence-corrected chi connectivity index (χ1v) is 6.21. The van der Waals surface area contributed by atoms with Crippen molar-refractivity contribution >= 4 is 39.3 Å². The van der Waals surface area contributed by atoms with Gasteiger partial charge < -0.3 is 0 Å². The Balaban J connectivity index is 2.46. The Labute approximate surface area is 103 Å². The lowest BCUT2D eigenvalue weighted by Gasteiger charge is -2.06. The molecule has 16 heavy (non-hydrogen) atoms. The van der Waals surface area contributed by atoms with Crippen molar-refractivity contribution in [1.29, 1.82) is 0 Å². The molecule has 0 fully saturated rings. The first-order chi connectivity index (χ1) is 7.68. The Hall–Kier alpha value is -1.19. The highest BCUT2D eigenvalue weighted by atomic mass is 35.5. The lowest BCUT2D eigenvalue weighted by atomic mass is 10.1. The molecule has 2 nitrogen and oxygen atoms in total. The van der Waals surface area contributed by atoms with Gasteiger partial charge in [0.25, 0.3) is 5.17 Å². The molecular weight excluding hydrogens is 240 g/mol. The molecule has 0 aliphatic heterocycles. The van der Waals surface area contributed by atoms with Gasteiger partial charge >= 0.3 is 0 Å². The summed E-state index contributed by atoms with van der Waals surface area (Å²) in [7, 11) is 0. The molecule has 2 aromatic carbocycles. The molecule has 0 heterocycles. The second-order valence-electron chi connectivity index (χ2n) is 3.44. The monoisotopic (exact) mass is 251 g/mol. The summed E-state index contributed by atoms with van der Waals surface area (Å²) < 4.78 is 0. The predicted octanol–water partition coefficient (Wildman–Crippen LogP) is 1.80. The third-order valence-corrected chi connectivity index (χ3v) is 3.47. The minimum Gasteiger partial charge on any atom is -0.282 e. The molecule has 2 aromatic rings.